The van der Waals surface area contributed by atoms with Gasteiger partial charge in [-0.05, 0) is 83.6 Å². The summed E-state index contributed by atoms with van der Waals surface area (Å²) in [6, 6.07) is 12.4. The van der Waals surface area contributed by atoms with Crippen LogP contribution in [0, 0.1) is 6.92 Å². The highest BCUT2D eigenvalue weighted by Gasteiger charge is 2.39. The van der Waals surface area contributed by atoms with Crippen LogP contribution in [0.2, 0.25) is 0 Å². The summed E-state index contributed by atoms with van der Waals surface area (Å²) in [5.41, 5.74) is 8.28. The average Bonchev–Trinajstić information content (AvgIpc) is 2.78. The van der Waals surface area contributed by atoms with E-state index in [2.05, 4.69) is 72.1 Å². The van der Waals surface area contributed by atoms with E-state index in [1.54, 1.807) is 0 Å². The number of hydrogen-bond donors (Lipinski definition) is 0. The van der Waals surface area contributed by atoms with Gasteiger partial charge in [-0.25, -0.2) is 4.79 Å². The summed E-state index contributed by atoms with van der Waals surface area (Å²) in [5, 5.41) is 0. The third kappa shape index (κ3) is 5.93. The van der Waals surface area contributed by atoms with E-state index in [-0.39, 0.29) is 29.2 Å². The molecule has 3 rings (SSSR count). The lowest BCUT2D eigenvalue weighted by Crippen LogP contribution is -2.35. The molecule has 0 saturated heterocycles. The van der Waals surface area contributed by atoms with Crippen molar-refractivity contribution >= 4 is 23.9 Å². The first kappa shape index (κ1) is 28.1. The van der Waals surface area contributed by atoms with Gasteiger partial charge in [0.1, 0.15) is 6.61 Å². The second-order valence-electron chi connectivity index (χ2n) is 10.7. The van der Waals surface area contributed by atoms with Crippen LogP contribution in [0.25, 0.3) is 5.57 Å². The Morgan fingerprint density at radius 2 is 1.53 bits per heavy atom. The molecule has 0 fully saturated rings. The summed E-state index contributed by atoms with van der Waals surface area (Å²) < 4.78 is 5.48. The molecule has 0 heterocycles. The summed E-state index contributed by atoms with van der Waals surface area (Å²) in [7, 11) is 0. The van der Waals surface area contributed by atoms with Gasteiger partial charge in [0.25, 0.3) is 0 Å². The Morgan fingerprint density at radius 3 is 2.12 bits per heavy atom. The van der Waals surface area contributed by atoms with E-state index in [0.717, 1.165) is 37.2 Å². The number of benzene rings is 2. The zero-order valence-corrected chi connectivity index (χ0v) is 22.9. The van der Waals surface area contributed by atoms with Crippen molar-refractivity contribution in [2.45, 2.75) is 72.1 Å². The van der Waals surface area contributed by atoms with Crippen LogP contribution in [0.3, 0.4) is 0 Å². The molecule has 0 aliphatic heterocycles. The average molecular weight is 484 g/mol. The molecule has 0 N–H and O–H groups in total. The van der Waals surface area contributed by atoms with Crippen molar-refractivity contribution in [1.29, 1.82) is 0 Å². The van der Waals surface area contributed by atoms with Gasteiger partial charge in [0.15, 0.2) is 0 Å². The van der Waals surface area contributed by atoms with E-state index in [1.807, 2.05) is 24.3 Å². The third-order valence-electron chi connectivity index (χ3n) is 7.39. The van der Waals surface area contributed by atoms with Crippen molar-refractivity contribution in [3.63, 3.8) is 0 Å². The number of rotatable bonds is 8. The minimum atomic E-state index is -0.268. The van der Waals surface area contributed by atoms with E-state index < -0.39 is 0 Å². The van der Waals surface area contributed by atoms with Gasteiger partial charge in [-0.15, -0.1) is 12.4 Å². The molecule has 2 aromatic rings. The molecule has 0 unspecified atom stereocenters. The summed E-state index contributed by atoms with van der Waals surface area (Å²) in [4.78, 5) is 14.7. The Bertz CT molecular complexity index is 1020. The maximum atomic E-state index is 12.5. The predicted molar refractivity (Wildman–Crippen MR) is 146 cm³/mol. The fourth-order valence-corrected chi connectivity index (χ4v) is 5.03. The second kappa shape index (κ2) is 11.1. The zero-order chi connectivity index (χ0) is 24.4. The molecule has 1 aliphatic carbocycles. The molecule has 186 valence electrons. The SMILES string of the molecule is C=C(c1ccc(C(=O)OCCN(CC)CC)cc1)c1cc(C)cc2c1C(C)(C)CCC2(C)C.Cl. The van der Waals surface area contributed by atoms with Gasteiger partial charge in [-0.1, -0.05) is 78.0 Å². The number of hydrogen-bond acceptors (Lipinski definition) is 3. The molecule has 0 amide bonds. The molecule has 0 spiro atoms. The number of likely N-dealkylation sites (N-methyl/N-ethyl adjacent to an activating group) is 1. The lowest BCUT2D eigenvalue weighted by molar-refractivity contribution is 0.0466. The Balaban J connectivity index is 0.00000408. The monoisotopic (exact) mass is 483 g/mol. The Morgan fingerprint density at radius 1 is 0.971 bits per heavy atom. The number of nitrogens with zero attached hydrogens (tertiary/aromatic N) is 1. The molecule has 34 heavy (non-hydrogen) atoms. The van der Waals surface area contributed by atoms with Gasteiger partial charge >= 0.3 is 5.97 Å². The van der Waals surface area contributed by atoms with Crippen molar-refractivity contribution in [1.82, 2.24) is 4.90 Å². The standard InChI is InChI=1S/C30H41NO2.ClH/c1-9-31(10-2)17-18-33-28(32)24-13-11-23(12-14-24)22(4)25-19-21(3)20-26-27(25)30(7,8)16-15-29(26,5)6;/h11-14,19-20H,4,9-10,15-18H2,1-3,5-8H3;1H. The van der Waals surface area contributed by atoms with Crippen LogP contribution in [-0.4, -0.2) is 37.1 Å². The van der Waals surface area contributed by atoms with Crippen molar-refractivity contribution in [3.8, 4) is 0 Å². The number of fused-ring (bicyclic) bond motifs is 1. The minimum Gasteiger partial charge on any atom is -0.461 e. The highest BCUT2D eigenvalue weighted by Crippen LogP contribution is 2.49. The van der Waals surface area contributed by atoms with E-state index in [1.165, 1.54) is 28.7 Å². The zero-order valence-electron chi connectivity index (χ0n) is 22.1. The van der Waals surface area contributed by atoms with Gasteiger partial charge < -0.3 is 9.64 Å². The van der Waals surface area contributed by atoms with Crippen LogP contribution in [0.15, 0.2) is 43.0 Å². The summed E-state index contributed by atoms with van der Waals surface area (Å²) in [6.07, 6.45) is 2.35. The summed E-state index contributed by atoms with van der Waals surface area (Å²) in [5.74, 6) is -0.268. The molecule has 3 nitrogen and oxygen atoms in total. The number of ether oxygens (including phenoxy) is 1. The Hall–Kier alpha value is -2.10. The normalized spacial score (nSPS) is 15.9. The number of halogens is 1. The lowest BCUT2D eigenvalue weighted by Gasteiger charge is -2.43. The Labute approximate surface area is 213 Å². The van der Waals surface area contributed by atoms with E-state index in [9.17, 15) is 4.79 Å². The minimum absolute atomic E-state index is 0. The summed E-state index contributed by atoms with van der Waals surface area (Å²) >= 11 is 0. The van der Waals surface area contributed by atoms with Crippen LogP contribution in [0.1, 0.15) is 92.6 Å². The number of esters is 1. The molecular formula is C30H42ClNO2. The van der Waals surface area contributed by atoms with Gasteiger partial charge in [0.05, 0.1) is 5.56 Å². The highest BCUT2D eigenvalue weighted by atomic mass is 35.5. The van der Waals surface area contributed by atoms with Crippen LogP contribution in [0.4, 0.5) is 0 Å². The van der Waals surface area contributed by atoms with Crippen LogP contribution in [-0.2, 0) is 15.6 Å². The molecule has 4 heteroatoms. The quantitative estimate of drug-likeness (QED) is 0.368. The van der Waals surface area contributed by atoms with E-state index >= 15 is 0 Å². The molecule has 2 aromatic carbocycles. The van der Waals surface area contributed by atoms with Gasteiger partial charge in [0.2, 0.25) is 0 Å². The van der Waals surface area contributed by atoms with Crippen molar-refractivity contribution in [2.24, 2.45) is 0 Å². The van der Waals surface area contributed by atoms with Crippen molar-refractivity contribution in [3.05, 3.63) is 76.4 Å². The van der Waals surface area contributed by atoms with Gasteiger partial charge in [-0.2, -0.15) is 0 Å². The van der Waals surface area contributed by atoms with Crippen LogP contribution < -0.4 is 0 Å². The molecule has 0 aromatic heterocycles. The van der Waals surface area contributed by atoms with Crippen LogP contribution in [0.5, 0.6) is 0 Å². The van der Waals surface area contributed by atoms with Gasteiger partial charge in [0, 0.05) is 6.54 Å². The number of aryl methyl sites for hydroxylation is 1. The highest BCUT2D eigenvalue weighted by molar-refractivity contribution is 5.90. The first-order valence-corrected chi connectivity index (χ1v) is 12.3. The van der Waals surface area contributed by atoms with Gasteiger partial charge in [-0.3, -0.25) is 0 Å². The predicted octanol–water partition coefficient (Wildman–Crippen LogP) is 7.33. The smallest absolute Gasteiger partial charge is 0.338 e. The molecule has 0 bridgehead atoms. The first-order chi connectivity index (χ1) is 15.5. The number of carbonyl (C=O) groups is 1. The second-order valence-corrected chi connectivity index (χ2v) is 10.7. The maximum Gasteiger partial charge on any atom is 0.338 e. The van der Waals surface area contributed by atoms with Crippen molar-refractivity contribution < 1.29 is 9.53 Å². The first-order valence-electron chi connectivity index (χ1n) is 12.3. The lowest BCUT2D eigenvalue weighted by atomic mass is 9.61. The molecule has 1 aliphatic rings. The molecule has 0 radical (unpaired) electrons. The Kier molecular flexibility index (Phi) is 9.18. The molecular weight excluding hydrogens is 442 g/mol. The third-order valence-corrected chi connectivity index (χ3v) is 7.39. The summed E-state index contributed by atoms with van der Waals surface area (Å²) in [6.45, 7) is 23.4. The maximum absolute atomic E-state index is 12.5. The fraction of sp³-hybridized carbons (Fsp3) is 0.500. The van der Waals surface area contributed by atoms with Crippen LogP contribution >= 0.6 is 12.4 Å². The topological polar surface area (TPSA) is 29.5 Å². The largest absolute Gasteiger partial charge is 0.461 e. The molecule has 0 saturated carbocycles. The van der Waals surface area contributed by atoms with E-state index in [4.69, 9.17) is 4.74 Å². The van der Waals surface area contributed by atoms with E-state index in [0.29, 0.717) is 12.2 Å². The number of carbonyl (C=O) groups excluding carboxylic acids is 1. The van der Waals surface area contributed by atoms with Crippen molar-refractivity contribution in [2.75, 3.05) is 26.2 Å². The fourth-order valence-electron chi connectivity index (χ4n) is 5.03. The molecule has 0 atom stereocenters.